The fraction of sp³-hybridized carbons (Fsp3) is 0.200. The Morgan fingerprint density at radius 1 is 1.30 bits per heavy atom. The van der Waals surface area contributed by atoms with Gasteiger partial charge >= 0.3 is 0 Å². The standard InChI is InChI=1S/C20H19N3O4/c1-3-10-27-17-7-5-15(6-8-17)12-16(13-21)20(24)22-18-9-4-14(2)11-19(18)23(25)26/h4-9,11-12H,3,10H2,1-2H3,(H,22,24)/b16-12+. The first-order valence-corrected chi connectivity index (χ1v) is 8.35. The van der Waals surface area contributed by atoms with Crippen molar-refractivity contribution in [3.05, 3.63) is 69.3 Å². The van der Waals surface area contributed by atoms with Gasteiger partial charge in [-0.3, -0.25) is 14.9 Å². The predicted molar refractivity (Wildman–Crippen MR) is 102 cm³/mol. The monoisotopic (exact) mass is 365 g/mol. The second-order valence-corrected chi connectivity index (χ2v) is 5.82. The smallest absolute Gasteiger partial charge is 0.293 e. The molecule has 0 aliphatic carbocycles. The molecule has 0 saturated heterocycles. The summed E-state index contributed by atoms with van der Waals surface area (Å²) in [7, 11) is 0. The number of nitriles is 1. The maximum Gasteiger partial charge on any atom is 0.293 e. The fourth-order valence-electron chi connectivity index (χ4n) is 2.28. The molecule has 0 saturated carbocycles. The summed E-state index contributed by atoms with van der Waals surface area (Å²) < 4.78 is 5.48. The average molecular weight is 365 g/mol. The third-order valence-electron chi connectivity index (χ3n) is 3.63. The zero-order chi connectivity index (χ0) is 19.8. The number of benzene rings is 2. The molecule has 7 heteroatoms. The van der Waals surface area contributed by atoms with Crippen LogP contribution in [0.1, 0.15) is 24.5 Å². The van der Waals surface area contributed by atoms with Gasteiger partial charge in [-0.25, -0.2) is 0 Å². The lowest BCUT2D eigenvalue weighted by Gasteiger charge is -2.07. The Morgan fingerprint density at radius 2 is 2.00 bits per heavy atom. The van der Waals surface area contributed by atoms with E-state index in [9.17, 15) is 20.2 Å². The van der Waals surface area contributed by atoms with E-state index in [1.165, 1.54) is 18.2 Å². The molecule has 0 radical (unpaired) electrons. The van der Waals surface area contributed by atoms with Crippen LogP contribution in [0.15, 0.2) is 48.0 Å². The molecular formula is C20H19N3O4. The van der Waals surface area contributed by atoms with Crippen molar-refractivity contribution in [2.24, 2.45) is 0 Å². The molecule has 2 rings (SSSR count). The van der Waals surface area contributed by atoms with Crippen molar-refractivity contribution in [1.29, 1.82) is 5.26 Å². The highest BCUT2D eigenvalue weighted by Gasteiger charge is 2.18. The number of aryl methyl sites for hydroxylation is 1. The van der Waals surface area contributed by atoms with Gasteiger partial charge < -0.3 is 10.1 Å². The summed E-state index contributed by atoms with van der Waals surface area (Å²) in [5.74, 6) is -0.0111. The van der Waals surface area contributed by atoms with Crippen LogP contribution in [0.4, 0.5) is 11.4 Å². The maximum absolute atomic E-state index is 12.4. The lowest BCUT2D eigenvalue weighted by molar-refractivity contribution is -0.384. The van der Waals surface area contributed by atoms with Crippen molar-refractivity contribution in [2.75, 3.05) is 11.9 Å². The first-order valence-electron chi connectivity index (χ1n) is 8.35. The average Bonchev–Trinajstić information content (AvgIpc) is 2.66. The molecule has 0 aliphatic rings. The van der Waals surface area contributed by atoms with Crippen molar-refractivity contribution >= 4 is 23.4 Å². The van der Waals surface area contributed by atoms with E-state index in [4.69, 9.17) is 4.74 Å². The molecule has 0 heterocycles. The summed E-state index contributed by atoms with van der Waals surface area (Å²) in [6.07, 6.45) is 2.31. The predicted octanol–water partition coefficient (Wildman–Crippen LogP) is 4.24. The van der Waals surface area contributed by atoms with Crippen LogP contribution in [0.2, 0.25) is 0 Å². The minimum Gasteiger partial charge on any atom is -0.494 e. The Balaban J connectivity index is 2.20. The Bertz CT molecular complexity index is 912. The zero-order valence-corrected chi connectivity index (χ0v) is 15.1. The Hall–Kier alpha value is -3.66. The van der Waals surface area contributed by atoms with Crippen molar-refractivity contribution in [3.8, 4) is 11.8 Å². The molecule has 0 aromatic heterocycles. The van der Waals surface area contributed by atoms with Crippen molar-refractivity contribution in [3.63, 3.8) is 0 Å². The number of amides is 1. The summed E-state index contributed by atoms with van der Waals surface area (Å²) in [5, 5.41) is 22.9. The summed E-state index contributed by atoms with van der Waals surface area (Å²) in [4.78, 5) is 22.9. The molecular weight excluding hydrogens is 346 g/mol. The number of nitro groups is 1. The van der Waals surface area contributed by atoms with Gasteiger partial charge in [0.1, 0.15) is 23.1 Å². The highest BCUT2D eigenvalue weighted by Crippen LogP contribution is 2.26. The molecule has 1 amide bonds. The number of rotatable bonds is 7. The molecule has 0 fully saturated rings. The van der Waals surface area contributed by atoms with Crippen molar-refractivity contribution in [2.45, 2.75) is 20.3 Å². The quantitative estimate of drug-likeness (QED) is 0.342. The fourth-order valence-corrected chi connectivity index (χ4v) is 2.28. The second kappa shape index (κ2) is 9.15. The topological polar surface area (TPSA) is 105 Å². The van der Waals surface area contributed by atoms with E-state index in [-0.39, 0.29) is 16.9 Å². The number of hydrogen-bond acceptors (Lipinski definition) is 5. The lowest BCUT2D eigenvalue weighted by Crippen LogP contribution is -2.14. The molecule has 2 aromatic rings. The van der Waals surface area contributed by atoms with Crippen LogP contribution >= 0.6 is 0 Å². The largest absolute Gasteiger partial charge is 0.494 e. The molecule has 27 heavy (non-hydrogen) atoms. The first-order chi connectivity index (χ1) is 12.9. The summed E-state index contributed by atoms with van der Waals surface area (Å²) >= 11 is 0. The van der Waals surface area contributed by atoms with E-state index < -0.39 is 10.8 Å². The number of hydrogen-bond donors (Lipinski definition) is 1. The van der Waals surface area contributed by atoms with Crippen LogP contribution in [-0.2, 0) is 4.79 Å². The number of carbonyl (C=O) groups is 1. The van der Waals surface area contributed by atoms with Crippen LogP contribution in [0.5, 0.6) is 5.75 Å². The third-order valence-corrected chi connectivity index (χ3v) is 3.63. The minimum absolute atomic E-state index is 0.0417. The van der Waals surface area contributed by atoms with Crippen LogP contribution in [0, 0.1) is 28.4 Å². The lowest BCUT2D eigenvalue weighted by atomic mass is 10.1. The maximum atomic E-state index is 12.4. The number of anilines is 1. The van der Waals surface area contributed by atoms with E-state index in [0.717, 1.165) is 6.42 Å². The molecule has 7 nitrogen and oxygen atoms in total. The Kier molecular flexibility index (Phi) is 6.67. The number of nitro benzene ring substituents is 1. The van der Waals surface area contributed by atoms with Gasteiger partial charge in [-0.2, -0.15) is 5.26 Å². The number of nitrogens with zero attached hydrogens (tertiary/aromatic N) is 2. The van der Waals surface area contributed by atoms with Crippen LogP contribution in [0.25, 0.3) is 6.08 Å². The summed E-state index contributed by atoms with van der Waals surface area (Å²) in [6, 6.07) is 13.2. The van der Waals surface area contributed by atoms with Crippen molar-refractivity contribution < 1.29 is 14.5 Å². The van der Waals surface area contributed by atoms with Crippen LogP contribution < -0.4 is 10.1 Å². The zero-order valence-electron chi connectivity index (χ0n) is 15.1. The number of nitrogens with one attached hydrogen (secondary N) is 1. The normalized spacial score (nSPS) is 10.8. The minimum atomic E-state index is -0.712. The highest BCUT2D eigenvalue weighted by molar-refractivity contribution is 6.10. The molecule has 2 aromatic carbocycles. The van der Waals surface area contributed by atoms with Crippen LogP contribution in [0.3, 0.4) is 0 Å². The van der Waals surface area contributed by atoms with E-state index >= 15 is 0 Å². The molecule has 138 valence electrons. The third kappa shape index (κ3) is 5.41. The van der Waals surface area contributed by atoms with Crippen molar-refractivity contribution in [1.82, 2.24) is 0 Å². The first kappa shape index (κ1) is 19.7. The van der Waals surface area contributed by atoms with Gasteiger partial charge in [0, 0.05) is 6.07 Å². The molecule has 0 aliphatic heterocycles. The Labute approximate surface area is 157 Å². The van der Waals surface area contributed by atoms with Gasteiger partial charge in [-0.05, 0) is 48.7 Å². The molecule has 0 bridgehead atoms. The number of ether oxygens (including phenoxy) is 1. The van der Waals surface area contributed by atoms with Gasteiger partial charge in [0.2, 0.25) is 0 Å². The second-order valence-electron chi connectivity index (χ2n) is 5.82. The number of carbonyl (C=O) groups excluding carboxylic acids is 1. The van der Waals surface area contributed by atoms with Gasteiger partial charge in [0.15, 0.2) is 0 Å². The summed E-state index contributed by atoms with van der Waals surface area (Å²) in [6.45, 7) is 4.33. The van der Waals surface area contributed by atoms with E-state index in [2.05, 4.69) is 5.32 Å². The van der Waals surface area contributed by atoms with Gasteiger partial charge in [-0.1, -0.05) is 25.1 Å². The molecule has 1 N–H and O–H groups in total. The van der Waals surface area contributed by atoms with E-state index in [1.807, 2.05) is 13.0 Å². The van der Waals surface area contributed by atoms with Gasteiger partial charge in [-0.15, -0.1) is 0 Å². The SMILES string of the molecule is CCCOc1ccc(/C=C(\C#N)C(=O)Nc2ccc(C)cc2[N+](=O)[O-])cc1. The van der Waals surface area contributed by atoms with Gasteiger partial charge in [0.05, 0.1) is 11.5 Å². The highest BCUT2D eigenvalue weighted by atomic mass is 16.6. The van der Waals surface area contributed by atoms with Gasteiger partial charge in [0.25, 0.3) is 11.6 Å². The summed E-state index contributed by atoms with van der Waals surface area (Å²) in [5.41, 5.74) is 0.996. The van der Waals surface area contributed by atoms with E-state index in [1.54, 1.807) is 37.3 Å². The van der Waals surface area contributed by atoms with E-state index in [0.29, 0.717) is 23.5 Å². The molecule has 0 spiro atoms. The molecule has 0 atom stereocenters. The Morgan fingerprint density at radius 3 is 2.59 bits per heavy atom. The molecule has 0 unspecified atom stereocenters. The van der Waals surface area contributed by atoms with Crippen LogP contribution in [-0.4, -0.2) is 17.4 Å².